The molecule has 132 valence electrons. The van der Waals surface area contributed by atoms with Gasteiger partial charge in [-0.25, -0.2) is 4.98 Å². The molecule has 1 aliphatic carbocycles. The van der Waals surface area contributed by atoms with Crippen molar-refractivity contribution in [2.24, 2.45) is 0 Å². The molecule has 0 aliphatic heterocycles. The molecule has 4 nitrogen and oxygen atoms in total. The summed E-state index contributed by atoms with van der Waals surface area (Å²) in [5.41, 5.74) is 5.29. The molecule has 26 heavy (non-hydrogen) atoms. The van der Waals surface area contributed by atoms with Crippen molar-refractivity contribution in [2.45, 2.75) is 39.2 Å². The molecule has 1 amide bonds. The second-order valence-corrected chi connectivity index (χ2v) is 6.80. The van der Waals surface area contributed by atoms with Crippen molar-refractivity contribution in [3.05, 3.63) is 82.9 Å². The molecule has 0 bridgehead atoms. The Balaban J connectivity index is 1.63. The molecule has 4 heteroatoms. The lowest BCUT2D eigenvalue weighted by molar-refractivity contribution is 0.0949. The van der Waals surface area contributed by atoms with Crippen LogP contribution in [0.5, 0.6) is 0 Å². The number of nitrogens with zero attached hydrogens (tertiary/aromatic N) is 2. The predicted molar refractivity (Wildman–Crippen MR) is 103 cm³/mol. The Kier molecular flexibility index (Phi) is 4.57. The summed E-state index contributed by atoms with van der Waals surface area (Å²) >= 11 is 0. The summed E-state index contributed by atoms with van der Waals surface area (Å²) in [4.78, 5) is 17.4. The van der Waals surface area contributed by atoms with E-state index in [4.69, 9.17) is 4.98 Å². The van der Waals surface area contributed by atoms with Gasteiger partial charge in [-0.15, -0.1) is 0 Å². The van der Waals surface area contributed by atoms with E-state index in [1.165, 1.54) is 24.2 Å². The standard InChI is InChI=1S/C22H23N3O/c1-16-9-5-6-12-18(16)22(26)23-15-21-24-19-13-7-8-14-20(19)25(21)17-10-3-2-4-11-17/h2-6,9-12H,7-8,13-15H2,1H3,(H,23,26). The summed E-state index contributed by atoms with van der Waals surface area (Å²) < 4.78 is 2.23. The number of para-hydroxylation sites is 1. The van der Waals surface area contributed by atoms with Crippen LogP contribution in [0.2, 0.25) is 0 Å². The molecule has 0 spiro atoms. The van der Waals surface area contributed by atoms with Crippen LogP contribution in [0.15, 0.2) is 54.6 Å². The van der Waals surface area contributed by atoms with E-state index in [1.54, 1.807) is 0 Å². The average Bonchev–Trinajstić information content (AvgIpc) is 3.05. The minimum atomic E-state index is -0.0521. The SMILES string of the molecule is Cc1ccccc1C(=O)NCc1nc2c(n1-c1ccccc1)CCCC2. The topological polar surface area (TPSA) is 46.9 Å². The van der Waals surface area contributed by atoms with Gasteiger partial charge in [0.25, 0.3) is 5.91 Å². The number of hydrogen-bond donors (Lipinski definition) is 1. The third kappa shape index (κ3) is 3.15. The molecule has 1 N–H and O–H groups in total. The molecule has 4 rings (SSSR count). The molecule has 0 fully saturated rings. The second kappa shape index (κ2) is 7.16. The van der Waals surface area contributed by atoms with Crippen molar-refractivity contribution in [2.75, 3.05) is 0 Å². The number of nitrogens with one attached hydrogen (secondary N) is 1. The first-order valence-electron chi connectivity index (χ1n) is 9.22. The fourth-order valence-corrected chi connectivity index (χ4v) is 3.68. The molecule has 3 aromatic rings. The van der Waals surface area contributed by atoms with Gasteiger partial charge in [-0.1, -0.05) is 36.4 Å². The highest BCUT2D eigenvalue weighted by Gasteiger charge is 2.21. The van der Waals surface area contributed by atoms with Gasteiger partial charge in [-0.3, -0.25) is 9.36 Å². The Morgan fingerprint density at radius 2 is 1.77 bits per heavy atom. The van der Waals surface area contributed by atoms with Crippen LogP contribution in [-0.2, 0) is 19.4 Å². The first kappa shape index (κ1) is 16.6. The van der Waals surface area contributed by atoms with Gasteiger partial charge < -0.3 is 5.32 Å². The minimum absolute atomic E-state index is 0.0521. The molecule has 0 atom stereocenters. The Labute approximate surface area is 153 Å². The van der Waals surface area contributed by atoms with Crippen molar-refractivity contribution in [1.29, 1.82) is 0 Å². The minimum Gasteiger partial charge on any atom is -0.345 e. The predicted octanol–water partition coefficient (Wildman–Crippen LogP) is 3.99. The van der Waals surface area contributed by atoms with Crippen molar-refractivity contribution < 1.29 is 4.79 Å². The maximum absolute atomic E-state index is 12.6. The molecule has 1 aromatic heterocycles. The van der Waals surface area contributed by atoms with Crippen molar-refractivity contribution in [3.8, 4) is 5.69 Å². The monoisotopic (exact) mass is 345 g/mol. The lowest BCUT2D eigenvalue weighted by Gasteiger charge is -2.15. The van der Waals surface area contributed by atoms with Crippen LogP contribution in [0.25, 0.3) is 5.69 Å². The van der Waals surface area contributed by atoms with Crippen molar-refractivity contribution in [1.82, 2.24) is 14.9 Å². The third-order valence-electron chi connectivity index (χ3n) is 5.01. The van der Waals surface area contributed by atoms with Crippen LogP contribution in [0.1, 0.15) is 46.0 Å². The number of carbonyl (C=O) groups excluding carboxylic acids is 1. The summed E-state index contributed by atoms with van der Waals surface area (Å²) in [6, 6.07) is 18.0. The van der Waals surface area contributed by atoms with Gasteiger partial charge in [0.1, 0.15) is 5.82 Å². The first-order valence-corrected chi connectivity index (χ1v) is 9.22. The van der Waals surface area contributed by atoms with Gasteiger partial charge in [0.15, 0.2) is 0 Å². The fraction of sp³-hybridized carbons (Fsp3) is 0.273. The lowest BCUT2D eigenvalue weighted by atomic mass is 10.0. The van der Waals surface area contributed by atoms with Crippen molar-refractivity contribution in [3.63, 3.8) is 0 Å². The number of aryl methyl sites for hydroxylation is 2. The van der Waals surface area contributed by atoms with Crippen LogP contribution in [0.3, 0.4) is 0 Å². The number of imidazole rings is 1. The Hall–Kier alpha value is -2.88. The number of benzene rings is 2. The van der Waals surface area contributed by atoms with E-state index in [9.17, 15) is 4.79 Å². The second-order valence-electron chi connectivity index (χ2n) is 6.80. The van der Waals surface area contributed by atoms with Gasteiger partial charge >= 0.3 is 0 Å². The molecular weight excluding hydrogens is 322 g/mol. The van der Waals surface area contributed by atoms with Gasteiger partial charge in [-0.2, -0.15) is 0 Å². The zero-order valence-corrected chi connectivity index (χ0v) is 15.0. The number of rotatable bonds is 4. The molecule has 0 saturated carbocycles. The largest absolute Gasteiger partial charge is 0.345 e. The van der Waals surface area contributed by atoms with Gasteiger partial charge in [-0.05, 0) is 56.4 Å². The molecule has 1 heterocycles. The van der Waals surface area contributed by atoms with Crippen LogP contribution >= 0.6 is 0 Å². The zero-order valence-electron chi connectivity index (χ0n) is 15.0. The normalized spacial score (nSPS) is 13.3. The summed E-state index contributed by atoms with van der Waals surface area (Å²) in [6.45, 7) is 2.38. The van der Waals surface area contributed by atoms with E-state index in [0.717, 1.165) is 35.5 Å². The van der Waals surface area contributed by atoms with Gasteiger partial charge in [0.2, 0.25) is 0 Å². The van der Waals surface area contributed by atoms with E-state index in [-0.39, 0.29) is 5.91 Å². The number of hydrogen-bond acceptors (Lipinski definition) is 2. The summed E-state index contributed by atoms with van der Waals surface area (Å²) in [6.07, 6.45) is 4.45. The summed E-state index contributed by atoms with van der Waals surface area (Å²) in [5.74, 6) is 0.855. The highest BCUT2D eigenvalue weighted by molar-refractivity contribution is 5.95. The van der Waals surface area contributed by atoms with Crippen LogP contribution < -0.4 is 5.32 Å². The number of aromatic nitrogens is 2. The van der Waals surface area contributed by atoms with E-state index in [1.807, 2.05) is 49.4 Å². The highest BCUT2D eigenvalue weighted by Crippen LogP contribution is 2.25. The average molecular weight is 345 g/mol. The van der Waals surface area contributed by atoms with Crippen LogP contribution in [0, 0.1) is 6.92 Å². The first-order chi connectivity index (χ1) is 12.7. The highest BCUT2D eigenvalue weighted by atomic mass is 16.1. The van der Waals surface area contributed by atoms with Gasteiger partial charge in [0.05, 0.1) is 12.2 Å². The lowest BCUT2D eigenvalue weighted by Crippen LogP contribution is -2.25. The fourth-order valence-electron chi connectivity index (χ4n) is 3.68. The zero-order chi connectivity index (χ0) is 17.9. The van der Waals surface area contributed by atoms with E-state index < -0.39 is 0 Å². The molecule has 2 aromatic carbocycles. The number of amides is 1. The van der Waals surface area contributed by atoms with Crippen LogP contribution in [-0.4, -0.2) is 15.5 Å². The van der Waals surface area contributed by atoms with E-state index in [2.05, 4.69) is 22.0 Å². The number of carbonyl (C=O) groups is 1. The molecule has 0 saturated heterocycles. The Morgan fingerprint density at radius 3 is 2.58 bits per heavy atom. The van der Waals surface area contributed by atoms with E-state index >= 15 is 0 Å². The quantitative estimate of drug-likeness (QED) is 0.777. The van der Waals surface area contributed by atoms with E-state index in [0.29, 0.717) is 6.54 Å². The molecule has 1 aliphatic rings. The number of fused-ring (bicyclic) bond motifs is 1. The van der Waals surface area contributed by atoms with Crippen LogP contribution in [0.4, 0.5) is 0 Å². The molecule has 0 unspecified atom stereocenters. The summed E-state index contributed by atoms with van der Waals surface area (Å²) in [7, 11) is 0. The van der Waals surface area contributed by atoms with Gasteiger partial charge in [0, 0.05) is 16.9 Å². The van der Waals surface area contributed by atoms with Crippen molar-refractivity contribution >= 4 is 5.91 Å². The Morgan fingerprint density at radius 1 is 1.04 bits per heavy atom. The Bertz CT molecular complexity index is 928. The molecule has 0 radical (unpaired) electrons. The smallest absolute Gasteiger partial charge is 0.251 e. The maximum Gasteiger partial charge on any atom is 0.251 e. The maximum atomic E-state index is 12.6. The molecular formula is C22H23N3O. The third-order valence-corrected chi connectivity index (χ3v) is 5.01. The summed E-state index contributed by atoms with van der Waals surface area (Å²) in [5, 5.41) is 3.05.